The zero-order chi connectivity index (χ0) is 54.2. The molecule has 7 aromatic heterocycles. The van der Waals surface area contributed by atoms with Gasteiger partial charge in [0.2, 0.25) is 0 Å². The van der Waals surface area contributed by atoms with Crippen LogP contribution < -0.4 is 45.5 Å². The molecule has 0 bridgehead atoms. The van der Waals surface area contributed by atoms with E-state index >= 15 is 0 Å². The van der Waals surface area contributed by atoms with Crippen LogP contribution in [0.25, 0.3) is 70.6 Å². The predicted octanol–water partition coefficient (Wildman–Crippen LogP) is 19.4. The quantitative estimate of drug-likeness (QED) is 0.162. The normalized spacial score (nSPS) is 17.2. The van der Waals surface area contributed by atoms with Crippen LogP contribution in [0.2, 0.25) is 0 Å². The van der Waals surface area contributed by atoms with Crippen molar-refractivity contribution in [3.8, 4) is 0 Å². The summed E-state index contributed by atoms with van der Waals surface area (Å²) in [4.78, 5) is 12.8. The zero-order valence-corrected chi connectivity index (χ0v) is 50.7. The van der Waals surface area contributed by atoms with Gasteiger partial charge in [-0.25, -0.2) is 0 Å². The van der Waals surface area contributed by atoms with Crippen molar-refractivity contribution in [2.24, 2.45) is 5.92 Å². The number of thioether (sulfide) groups is 1. The van der Waals surface area contributed by atoms with Gasteiger partial charge in [0, 0.05) is 113 Å². The van der Waals surface area contributed by atoms with E-state index in [1.165, 1.54) is 169 Å². The van der Waals surface area contributed by atoms with Gasteiger partial charge in [-0.2, -0.15) is 0 Å². The minimum absolute atomic E-state index is 0.0799. The lowest BCUT2D eigenvalue weighted by molar-refractivity contribution is 0.776. The highest BCUT2D eigenvalue weighted by atomic mass is 32.2. The Morgan fingerprint density at radius 3 is 1.23 bits per heavy atom. The molecular weight excluding hydrogens is 1170 g/mol. The van der Waals surface area contributed by atoms with E-state index in [4.69, 9.17) is 0 Å². The van der Waals surface area contributed by atoms with Gasteiger partial charge in [0.1, 0.15) is 0 Å². The Morgan fingerprint density at radius 2 is 0.702 bits per heavy atom. The molecule has 4 nitrogen and oxygen atoms in total. The van der Waals surface area contributed by atoms with E-state index in [2.05, 4.69) is 247 Å². The van der Waals surface area contributed by atoms with Crippen LogP contribution >= 0.6 is 91.1 Å². The Kier molecular flexibility index (Phi) is 9.49. The minimum Gasteiger partial charge on any atom is -0.310 e. The second-order valence-electron chi connectivity index (χ2n) is 22.5. The second kappa shape index (κ2) is 17.1. The molecule has 2 unspecified atom stereocenters. The third-order valence-corrected chi connectivity index (χ3v) is 27.3. The summed E-state index contributed by atoms with van der Waals surface area (Å²) in [5.41, 5.74) is 18.3. The van der Waals surface area contributed by atoms with Gasteiger partial charge in [-0.15, -0.1) is 91.1 Å². The van der Waals surface area contributed by atoms with Crippen molar-refractivity contribution in [2.75, 3.05) is 19.6 Å². The first-order valence-corrected chi connectivity index (χ1v) is 35.2. The van der Waals surface area contributed by atoms with Crippen molar-refractivity contribution in [2.45, 2.75) is 5.25 Å². The molecule has 12 heterocycles. The lowest BCUT2D eigenvalue weighted by atomic mass is 9.34. The summed E-state index contributed by atoms with van der Waals surface area (Å²) in [7, 11) is 0. The number of rotatable bonds is 4. The van der Waals surface area contributed by atoms with Crippen LogP contribution in [0.4, 0.5) is 61.9 Å². The first-order chi connectivity index (χ1) is 41.7. The Bertz CT molecular complexity index is 5550. The summed E-state index contributed by atoms with van der Waals surface area (Å²) in [5.74, 6) is 0.141. The second-order valence-corrected chi connectivity index (χ2v) is 30.5. The van der Waals surface area contributed by atoms with Crippen molar-refractivity contribution in [1.29, 1.82) is 0 Å². The molecule has 21 rings (SSSR count). The van der Waals surface area contributed by atoms with Crippen molar-refractivity contribution in [3.63, 3.8) is 0 Å². The smallest absolute Gasteiger partial charge is 0.272 e. The van der Waals surface area contributed by atoms with Crippen LogP contribution in [0, 0.1) is 5.92 Å². The van der Waals surface area contributed by atoms with Crippen molar-refractivity contribution >= 4 is 263 Å². The van der Waals surface area contributed by atoms with E-state index < -0.39 is 0 Å². The molecule has 15 aromatic rings. The number of anilines is 11. The molecule has 0 N–H and O–H groups in total. The van der Waals surface area contributed by atoms with Crippen LogP contribution in [0.3, 0.4) is 0 Å². The summed E-state index contributed by atoms with van der Waals surface area (Å²) in [6, 6.07) is 64.6. The number of thiophene rings is 7. The van der Waals surface area contributed by atoms with Gasteiger partial charge in [0.25, 0.3) is 13.4 Å². The van der Waals surface area contributed by atoms with Gasteiger partial charge in [-0.1, -0.05) is 152 Å². The average Bonchev–Trinajstić information content (AvgIpc) is 1.18. The lowest BCUT2D eigenvalue weighted by Crippen LogP contribution is -2.63. The Morgan fingerprint density at radius 1 is 0.321 bits per heavy atom. The maximum atomic E-state index is 2.87. The fourth-order valence-corrected chi connectivity index (χ4v) is 24.4. The van der Waals surface area contributed by atoms with Crippen LogP contribution in [-0.2, 0) is 0 Å². The van der Waals surface area contributed by atoms with Gasteiger partial charge in [-0.3, -0.25) is 4.90 Å². The summed E-state index contributed by atoms with van der Waals surface area (Å²) in [6.45, 7) is -0.208. The standard InChI is InChI=1S/C70H38B2N4S8/c1-9-25-49-37(17-1)45(33-77-49)73-60-42-22-6-14-30-54(42)81-67(60)71-57-41-21-5-13-29-53(41)84-70(57)76(48-36-80-52-28-12-4-20-40(48)52)66-58(71)63(73)64-59-65(66)75(47-35-79-51-27-11-3-19-39(47)51)62-44-24-8-16-32-56(44)83-69(62)72(59)68-61(43-23-7-15-31-55(43)82-68)74(64)46-34-78-50-26-10-2-18-38(46)50/h1-36,44,56H. The summed E-state index contributed by atoms with van der Waals surface area (Å²) in [5, 5.41) is 20.5. The molecule has 1 aliphatic carbocycles. The number of hydrogen-bond acceptors (Lipinski definition) is 12. The fraction of sp³-hybridized carbons (Fsp3) is 0.0286. The lowest BCUT2D eigenvalue weighted by Gasteiger charge is -2.51. The van der Waals surface area contributed by atoms with E-state index in [0.29, 0.717) is 0 Å². The number of fused-ring (bicyclic) bond motifs is 21. The molecule has 2 atom stereocenters. The zero-order valence-electron chi connectivity index (χ0n) is 44.1. The van der Waals surface area contributed by atoms with Crippen LogP contribution in [0.5, 0.6) is 0 Å². The molecule has 84 heavy (non-hydrogen) atoms. The topological polar surface area (TPSA) is 13.0 Å². The molecule has 0 saturated carbocycles. The molecule has 0 amide bonds. The van der Waals surface area contributed by atoms with Gasteiger partial charge in [-0.05, 0) is 69.0 Å². The van der Waals surface area contributed by atoms with Crippen molar-refractivity contribution in [1.82, 2.24) is 0 Å². The molecule has 0 saturated heterocycles. The molecule has 6 aliphatic rings. The van der Waals surface area contributed by atoms with Gasteiger partial charge >= 0.3 is 0 Å². The minimum atomic E-state index is -0.128. The van der Waals surface area contributed by atoms with E-state index in [1.807, 2.05) is 79.4 Å². The average molecular weight is 1210 g/mol. The number of benzene rings is 8. The van der Waals surface area contributed by atoms with Crippen molar-refractivity contribution in [3.05, 3.63) is 226 Å². The molecule has 14 heteroatoms. The molecule has 0 radical (unpaired) electrons. The molecule has 5 aliphatic heterocycles. The Labute approximate surface area is 515 Å². The maximum absolute atomic E-state index is 2.87. The van der Waals surface area contributed by atoms with Crippen LogP contribution in [0.15, 0.2) is 226 Å². The number of allylic oxidation sites excluding steroid dienone is 3. The van der Waals surface area contributed by atoms with Gasteiger partial charge in [0.05, 0.1) is 61.9 Å². The SMILES string of the molecule is C1=CC2SC3=C(C2C=C1)N(c1csc2ccccc12)c1c2c(c4c5c1N(c1csc6ccccc16)c1sc6ccccc6c1B5c1sc5ccccc5c1N4c1csc4ccccc14)N(c1csc4ccccc14)c1c(sc4ccccc14)B32. The highest BCUT2D eigenvalue weighted by Gasteiger charge is 2.59. The van der Waals surface area contributed by atoms with Gasteiger partial charge < -0.3 is 14.7 Å². The number of nitrogens with zero attached hydrogens (tertiary/aromatic N) is 4. The highest BCUT2D eigenvalue weighted by Crippen LogP contribution is 2.65. The van der Waals surface area contributed by atoms with Crippen LogP contribution in [-0.4, -0.2) is 18.7 Å². The first-order valence-electron chi connectivity index (χ1n) is 28.3. The fourth-order valence-electron chi connectivity index (χ4n) is 15.2. The number of hydrogen-bond donors (Lipinski definition) is 0. The maximum Gasteiger partial charge on any atom is 0.272 e. The highest BCUT2D eigenvalue weighted by molar-refractivity contribution is 8.06. The molecule has 0 fully saturated rings. The van der Waals surface area contributed by atoms with E-state index in [0.717, 1.165) is 0 Å². The van der Waals surface area contributed by atoms with E-state index in [-0.39, 0.29) is 24.6 Å². The summed E-state index contributed by atoms with van der Waals surface area (Å²) in [6.07, 6.45) is 9.64. The van der Waals surface area contributed by atoms with Crippen LogP contribution in [0.1, 0.15) is 0 Å². The molecule has 392 valence electrons. The van der Waals surface area contributed by atoms with E-state index in [1.54, 1.807) is 0 Å². The molecule has 8 aromatic carbocycles. The summed E-state index contributed by atoms with van der Waals surface area (Å²) < 4.78 is 11.9. The molecule has 0 spiro atoms. The Balaban J connectivity index is 1.05. The summed E-state index contributed by atoms with van der Waals surface area (Å²) >= 11 is 15.6. The monoisotopic (exact) mass is 1210 g/mol. The first kappa shape index (κ1) is 46.7. The third kappa shape index (κ3) is 5.91. The van der Waals surface area contributed by atoms with Gasteiger partial charge in [0.15, 0.2) is 0 Å². The third-order valence-electron chi connectivity index (χ3n) is 18.4. The predicted molar refractivity (Wildman–Crippen MR) is 377 cm³/mol. The Hall–Kier alpha value is -7.62. The van der Waals surface area contributed by atoms with Crippen molar-refractivity contribution < 1.29 is 0 Å². The van der Waals surface area contributed by atoms with E-state index in [9.17, 15) is 0 Å². The largest absolute Gasteiger partial charge is 0.310 e. The molecular formula is C70H38B2N4S8.